The molecule has 2 N–H and O–H groups in total. The molecule has 1 aromatic heterocycles. The molecule has 1 aliphatic carbocycles. The van der Waals surface area contributed by atoms with Crippen molar-refractivity contribution in [1.82, 2.24) is 5.16 Å². The Morgan fingerprint density at radius 3 is 2.39 bits per heavy atom. The molecule has 9 heteroatoms. The van der Waals surface area contributed by atoms with Crippen LogP contribution in [0.2, 0.25) is 0 Å². The normalized spacial score (nSPS) is 15.5. The molecule has 1 fully saturated rings. The number of anilines is 1. The third-order valence-electron chi connectivity index (χ3n) is 7.01. The largest absolute Gasteiger partial charge is 0.481 e. The molecule has 6 rings (SSSR count). The number of ether oxygens (including phenoxy) is 3. The second kappa shape index (κ2) is 9.26. The van der Waals surface area contributed by atoms with E-state index in [9.17, 15) is 14.7 Å². The maximum absolute atomic E-state index is 12.5. The molecule has 0 spiro atoms. The molecule has 0 saturated heterocycles. The number of rotatable bonds is 7. The lowest BCUT2D eigenvalue weighted by Crippen LogP contribution is -2.20. The number of aromatic nitrogens is 1. The number of hydrogen-bond donors (Lipinski definition) is 2. The zero-order valence-corrected chi connectivity index (χ0v) is 20.5. The molecule has 1 unspecified atom stereocenters. The van der Waals surface area contributed by atoms with Crippen molar-refractivity contribution in [1.29, 1.82) is 0 Å². The maximum atomic E-state index is 12.5. The van der Waals surface area contributed by atoms with Gasteiger partial charge in [-0.3, -0.25) is 10.1 Å². The first-order valence-corrected chi connectivity index (χ1v) is 12.2. The number of carboxylic acids is 1. The van der Waals surface area contributed by atoms with Gasteiger partial charge in [0.05, 0.1) is 11.6 Å². The predicted molar refractivity (Wildman–Crippen MR) is 137 cm³/mol. The maximum Gasteiger partial charge on any atom is 0.412 e. The lowest BCUT2D eigenvalue weighted by atomic mass is 9.91. The van der Waals surface area contributed by atoms with Gasteiger partial charge >= 0.3 is 12.1 Å². The highest BCUT2D eigenvalue weighted by Crippen LogP contribution is 2.56. The van der Waals surface area contributed by atoms with Crippen molar-refractivity contribution in [3.05, 3.63) is 84.1 Å². The average molecular weight is 513 g/mol. The van der Waals surface area contributed by atoms with Crippen LogP contribution < -0.4 is 14.8 Å². The van der Waals surface area contributed by atoms with Gasteiger partial charge in [-0.1, -0.05) is 71.9 Å². The van der Waals surface area contributed by atoms with Gasteiger partial charge in [0.1, 0.15) is 11.8 Å². The summed E-state index contributed by atoms with van der Waals surface area (Å²) in [4.78, 5) is 24.4. The van der Waals surface area contributed by atoms with E-state index >= 15 is 0 Å². The number of carbonyl (C=O) groups is 2. The highest BCUT2D eigenvalue weighted by molar-refractivity contribution is 5.90. The van der Waals surface area contributed by atoms with Crippen LogP contribution in [0.15, 0.2) is 77.4 Å². The molecular weight excluding hydrogens is 488 g/mol. The van der Waals surface area contributed by atoms with Crippen molar-refractivity contribution in [3.63, 3.8) is 0 Å². The van der Waals surface area contributed by atoms with Gasteiger partial charge < -0.3 is 23.8 Å². The summed E-state index contributed by atoms with van der Waals surface area (Å²) in [5, 5.41) is 16.3. The van der Waals surface area contributed by atoms with E-state index in [-0.39, 0.29) is 6.79 Å². The van der Waals surface area contributed by atoms with E-state index in [2.05, 4.69) is 10.5 Å². The topological polar surface area (TPSA) is 120 Å². The van der Waals surface area contributed by atoms with Crippen molar-refractivity contribution in [3.8, 4) is 33.9 Å². The van der Waals surface area contributed by atoms with Crippen LogP contribution >= 0.6 is 0 Å². The van der Waals surface area contributed by atoms with E-state index in [1.54, 1.807) is 6.92 Å². The van der Waals surface area contributed by atoms with E-state index < -0.39 is 23.6 Å². The molecule has 2 aliphatic rings. The average Bonchev–Trinajstić information content (AvgIpc) is 3.36. The van der Waals surface area contributed by atoms with Gasteiger partial charge in [0, 0.05) is 16.7 Å². The zero-order valence-electron chi connectivity index (χ0n) is 20.5. The van der Waals surface area contributed by atoms with Crippen molar-refractivity contribution >= 4 is 17.7 Å². The van der Waals surface area contributed by atoms with E-state index in [0.717, 1.165) is 16.7 Å². The summed E-state index contributed by atoms with van der Waals surface area (Å²) in [6.07, 6.45) is 1.54. The molecule has 192 valence electrons. The number of benzene rings is 3. The number of aliphatic carboxylic acids is 1. The van der Waals surface area contributed by atoms with Crippen LogP contribution in [0.5, 0.6) is 11.5 Å². The molecule has 2 heterocycles. The van der Waals surface area contributed by atoms with Crippen molar-refractivity contribution < 1.29 is 33.4 Å². The molecule has 0 bridgehead atoms. The SMILES string of the molecule is CC(OC(=O)Nc1cnoc1-c1ccc(-c2ccc(C3(C(=O)O)CC3)c3c2OCO3)cc1)c1ccccc1. The lowest BCUT2D eigenvalue weighted by Gasteiger charge is -2.15. The quantitative estimate of drug-likeness (QED) is 0.302. The Morgan fingerprint density at radius 2 is 1.68 bits per heavy atom. The third kappa shape index (κ3) is 4.11. The Kier molecular flexibility index (Phi) is 5.75. The van der Waals surface area contributed by atoms with Crippen molar-refractivity contribution in [2.75, 3.05) is 12.1 Å². The van der Waals surface area contributed by atoms with Crippen LogP contribution in [0, 0.1) is 0 Å². The number of nitrogens with one attached hydrogen (secondary N) is 1. The van der Waals surface area contributed by atoms with Crippen molar-refractivity contribution in [2.45, 2.75) is 31.3 Å². The number of fused-ring (bicyclic) bond motifs is 1. The molecule has 0 radical (unpaired) electrons. The fraction of sp³-hybridized carbons (Fsp3) is 0.207. The Hall–Kier alpha value is -4.79. The molecule has 1 saturated carbocycles. The number of carbonyl (C=O) groups excluding carboxylic acids is 1. The lowest BCUT2D eigenvalue weighted by molar-refractivity contribution is -0.140. The van der Waals surface area contributed by atoms with Gasteiger partial charge in [0.25, 0.3) is 0 Å². The first kappa shape index (κ1) is 23.6. The van der Waals surface area contributed by atoms with E-state index in [4.69, 9.17) is 18.7 Å². The van der Waals surface area contributed by atoms with E-state index in [1.165, 1.54) is 6.20 Å². The van der Waals surface area contributed by atoms with Gasteiger partial charge in [0.2, 0.25) is 6.79 Å². The predicted octanol–water partition coefficient (Wildman–Crippen LogP) is 6.16. The molecule has 4 aromatic rings. The smallest absolute Gasteiger partial charge is 0.412 e. The summed E-state index contributed by atoms with van der Waals surface area (Å²) in [5.41, 5.74) is 3.38. The highest BCUT2D eigenvalue weighted by atomic mass is 16.7. The van der Waals surface area contributed by atoms with E-state index in [0.29, 0.717) is 46.9 Å². The summed E-state index contributed by atoms with van der Waals surface area (Å²) in [6, 6.07) is 20.6. The van der Waals surface area contributed by atoms with Crippen LogP contribution in [-0.2, 0) is 14.9 Å². The highest BCUT2D eigenvalue weighted by Gasteiger charge is 2.54. The van der Waals surface area contributed by atoms with Crippen LogP contribution in [0.1, 0.15) is 37.0 Å². The van der Waals surface area contributed by atoms with Crippen LogP contribution in [0.3, 0.4) is 0 Å². The minimum absolute atomic E-state index is 0.0409. The summed E-state index contributed by atoms with van der Waals surface area (Å²) >= 11 is 0. The zero-order chi connectivity index (χ0) is 26.3. The molecule has 38 heavy (non-hydrogen) atoms. The summed E-state index contributed by atoms with van der Waals surface area (Å²) in [7, 11) is 0. The van der Waals surface area contributed by atoms with Gasteiger partial charge in [-0.2, -0.15) is 0 Å². The van der Waals surface area contributed by atoms with Gasteiger partial charge in [-0.25, -0.2) is 4.79 Å². The molecule has 1 aliphatic heterocycles. The number of amides is 1. The Labute approximate surface area is 217 Å². The standard InChI is InChI=1S/C29H24N2O7/c1-17(18-5-3-2-4-6-18)37-28(34)31-23-15-30-38-24(23)20-9-7-19(8-10-20)21-11-12-22(26-25(21)35-16-36-26)29(13-14-29)27(32)33/h2-12,15,17H,13-14,16H2,1H3,(H,31,34)(H,32,33). The van der Waals surface area contributed by atoms with Crippen LogP contribution in [-0.4, -0.2) is 29.1 Å². The molecule has 1 amide bonds. The minimum atomic E-state index is -0.893. The van der Waals surface area contributed by atoms with Crippen LogP contribution in [0.25, 0.3) is 22.5 Å². The number of hydrogen-bond acceptors (Lipinski definition) is 7. The second-order valence-corrected chi connectivity index (χ2v) is 9.34. The Morgan fingerprint density at radius 1 is 0.974 bits per heavy atom. The molecule has 1 atom stereocenters. The molecule has 3 aromatic carbocycles. The first-order valence-electron chi connectivity index (χ1n) is 12.2. The van der Waals surface area contributed by atoms with Gasteiger partial charge in [0.15, 0.2) is 17.3 Å². The van der Waals surface area contributed by atoms with E-state index in [1.807, 2.05) is 66.7 Å². The Balaban J connectivity index is 1.21. The van der Waals surface area contributed by atoms with Crippen LogP contribution in [0.4, 0.5) is 10.5 Å². The number of nitrogens with zero attached hydrogens (tertiary/aromatic N) is 1. The minimum Gasteiger partial charge on any atom is -0.481 e. The summed E-state index contributed by atoms with van der Waals surface area (Å²) < 4.78 is 22.4. The fourth-order valence-corrected chi connectivity index (χ4v) is 4.75. The summed E-state index contributed by atoms with van der Waals surface area (Å²) in [5.74, 6) is 0.580. The number of carboxylic acid groups (broad SMARTS) is 1. The first-order chi connectivity index (χ1) is 18.5. The third-order valence-corrected chi connectivity index (χ3v) is 7.01. The summed E-state index contributed by atoms with van der Waals surface area (Å²) in [6.45, 7) is 1.84. The monoisotopic (exact) mass is 512 g/mol. The Bertz CT molecular complexity index is 1510. The molecule has 9 nitrogen and oxygen atoms in total. The van der Waals surface area contributed by atoms with Gasteiger partial charge in [-0.15, -0.1) is 0 Å². The molecular formula is C29H24N2O7. The second-order valence-electron chi connectivity index (χ2n) is 9.34. The van der Waals surface area contributed by atoms with Crippen molar-refractivity contribution in [2.24, 2.45) is 0 Å². The van der Waals surface area contributed by atoms with Gasteiger partial charge in [-0.05, 0) is 30.9 Å². The fourth-order valence-electron chi connectivity index (χ4n) is 4.75.